The number of thioether (sulfide) groups is 1. The van der Waals surface area contributed by atoms with Gasteiger partial charge in [-0.3, -0.25) is 10.1 Å². The number of methoxy groups -OCH3 is 1. The van der Waals surface area contributed by atoms with Crippen molar-refractivity contribution in [3.63, 3.8) is 0 Å². The average Bonchev–Trinajstić information content (AvgIpc) is 3.25. The van der Waals surface area contributed by atoms with Crippen molar-refractivity contribution in [2.75, 3.05) is 31.0 Å². The Hall–Kier alpha value is -3.46. The summed E-state index contributed by atoms with van der Waals surface area (Å²) in [5.41, 5.74) is 10.5. The first kappa shape index (κ1) is 26.8. The smallest absolute Gasteiger partial charge is 0.176 e. The molecule has 182 valence electrons. The third-order valence-electron chi connectivity index (χ3n) is 4.99. The molecule has 0 unspecified atom stereocenters. The van der Waals surface area contributed by atoms with Gasteiger partial charge in [-0.05, 0) is 57.7 Å². The molecule has 2 aromatic rings. The van der Waals surface area contributed by atoms with E-state index in [-0.39, 0.29) is 0 Å². The van der Waals surface area contributed by atoms with Crippen LogP contribution in [-0.4, -0.2) is 42.7 Å². The molecule has 34 heavy (non-hydrogen) atoms. The lowest BCUT2D eigenvalue weighted by Crippen LogP contribution is -2.14. The molecule has 1 aromatic heterocycles. The number of hydrogen-bond donors (Lipinski definition) is 4. The van der Waals surface area contributed by atoms with Gasteiger partial charge in [0.2, 0.25) is 0 Å². The minimum atomic E-state index is 0.492. The van der Waals surface area contributed by atoms with Crippen LogP contribution in [0.4, 0.5) is 11.5 Å². The molecule has 2 rings (SSSR count). The molecule has 0 aliphatic heterocycles. The highest BCUT2D eigenvalue weighted by Gasteiger charge is 2.19. The van der Waals surface area contributed by atoms with Crippen molar-refractivity contribution in [2.45, 2.75) is 39.0 Å². The molecule has 0 saturated carbocycles. The molecule has 0 amide bonds. The largest absolute Gasteiger partial charge is 0.492 e. The van der Waals surface area contributed by atoms with Crippen molar-refractivity contribution in [2.24, 2.45) is 15.7 Å². The van der Waals surface area contributed by atoms with Crippen LogP contribution < -0.4 is 16.4 Å². The van der Waals surface area contributed by atoms with Crippen LogP contribution in [-0.2, 0) is 4.74 Å². The highest BCUT2D eigenvalue weighted by atomic mass is 32.2. The lowest BCUT2D eigenvalue weighted by atomic mass is 9.98. The Morgan fingerprint density at radius 3 is 2.44 bits per heavy atom. The number of hydrogen-bond acceptors (Lipinski definition) is 7. The van der Waals surface area contributed by atoms with Crippen molar-refractivity contribution in [1.82, 2.24) is 10.2 Å². The van der Waals surface area contributed by atoms with Gasteiger partial charge in [0.05, 0.1) is 7.11 Å². The second-order valence-corrected chi connectivity index (χ2v) is 8.39. The summed E-state index contributed by atoms with van der Waals surface area (Å²) in [5.74, 6) is 2.33. The molecule has 0 spiro atoms. The number of aryl methyl sites for hydroxylation is 1. The number of H-pyrrole nitrogens is 1. The van der Waals surface area contributed by atoms with Gasteiger partial charge in [0.25, 0.3) is 0 Å². The Labute approximate surface area is 206 Å². The van der Waals surface area contributed by atoms with Crippen LogP contribution in [0.2, 0.25) is 0 Å². The Morgan fingerprint density at radius 1 is 1.24 bits per heavy atom. The molecule has 9 heteroatoms. The molecule has 8 nitrogen and oxygen atoms in total. The molecule has 0 bridgehead atoms. The zero-order valence-electron chi connectivity index (χ0n) is 21.0. The van der Waals surface area contributed by atoms with E-state index in [0.717, 1.165) is 34.5 Å². The second-order valence-electron chi connectivity index (χ2n) is 7.51. The maximum absolute atomic E-state index is 5.97. The maximum atomic E-state index is 5.97. The fourth-order valence-electron chi connectivity index (χ4n) is 3.21. The highest BCUT2D eigenvalue weighted by molar-refractivity contribution is 7.98. The SMILES string of the molecule is CC/C(C)=C(C(\C=NC)=C\N)/C(OC)=C(\N=C(/C)Nc1ccc(SC)cc1)Nc1cc(C)[nH]n1. The van der Waals surface area contributed by atoms with Crippen LogP contribution in [0, 0.1) is 6.92 Å². The molecule has 0 radical (unpaired) electrons. The number of nitrogens with one attached hydrogen (secondary N) is 3. The summed E-state index contributed by atoms with van der Waals surface area (Å²) in [6, 6.07) is 10.1. The molecule has 0 saturated heterocycles. The molecule has 0 aliphatic carbocycles. The summed E-state index contributed by atoms with van der Waals surface area (Å²) in [4.78, 5) is 10.2. The van der Waals surface area contributed by atoms with Crippen molar-refractivity contribution in [3.8, 4) is 0 Å². The van der Waals surface area contributed by atoms with E-state index in [9.17, 15) is 0 Å². The van der Waals surface area contributed by atoms with Crippen molar-refractivity contribution >= 4 is 35.3 Å². The van der Waals surface area contributed by atoms with Gasteiger partial charge in [-0.1, -0.05) is 12.5 Å². The first-order chi connectivity index (χ1) is 16.4. The quantitative estimate of drug-likeness (QED) is 0.118. The summed E-state index contributed by atoms with van der Waals surface area (Å²) in [5, 5.41) is 13.9. The third kappa shape index (κ3) is 7.28. The van der Waals surface area contributed by atoms with E-state index in [2.05, 4.69) is 51.1 Å². The Bertz CT molecular complexity index is 1110. The average molecular weight is 482 g/mol. The molecule has 0 aliphatic rings. The van der Waals surface area contributed by atoms with Gasteiger partial charge in [0.1, 0.15) is 5.84 Å². The van der Waals surface area contributed by atoms with E-state index in [4.69, 9.17) is 15.5 Å². The van der Waals surface area contributed by atoms with Gasteiger partial charge in [-0.15, -0.1) is 11.8 Å². The van der Waals surface area contributed by atoms with Crippen LogP contribution in [0.5, 0.6) is 0 Å². The van der Waals surface area contributed by atoms with E-state index >= 15 is 0 Å². The fourth-order valence-corrected chi connectivity index (χ4v) is 3.62. The summed E-state index contributed by atoms with van der Waals surface area (Å²) < 4.78 is 5.91. The standard InChI is InChI=1S/C25H35N7OS/c1-8-16(2)23(19(14-26)15-27-5)24(33-6)25(30-22-13-17(3)31-32-22)29-18(4)28-20-9-11-21(34-7)12-10-20/h9-15H,8,26H2,1-7H3,(H,28,29)(H2,30,31,32)/b19-14+,23-16+,25-24-,27-15?. The Kier molecular flexibility index (Phi) is 10.5. The minimum absolute atomic E-state index is 0.492. The summed E-state index contributed by atoms with van der Waals surface area (Å²) in [6.07, 6.45) is 6.09. The highest BCUT2D eigenvalue weighted by Crippen LogP contribution is 2.28. The number of nitrogens with zero attached hydrogens (tertiary/aromatic N) is 3. The van der Waals surface area contributed by atoms with Gasteiger partial charge in [-0.25, -0.2) is 4.99 Å². The van der Waals surface area contributed by atoms with E-state index in [0.29, 0.717) is 23.2 Å². The van der Waals surface area contributed by atoms with Crippen LogP contribution >= 0.6 is 11.8 Å². The first-order valence-electron chi connectivity index (χ1n) is 10.9. The Balaban J connectivity index is 2.63. The molecule has 0 atom stereocenters. The van der Waals surface area contributed by atoms with Gasteiger partial charge in [0.15, 0.2) is 17.4 Å². The van der Waals surface area contributed by atoms with Crippen LogP contribution in [0.1, 0.15) is 32.9 Å². The first-order valence-corrected chi connectivity index (χ1v) is 12.2. The lowest BCUT2D eigenvalue weighted by molar-refractivity contribution is 0.297. The minimum Gasteiger partial charge on any atom is -0.492 e. The zero-order valence-corrected chi connectivity index (χ0v) is 21.8. The number of aromatic nitrogens is 2. The van der Waals surface area contributed by atoms with Crippen molar-refractivity contribution in [1.29, 1.82) is 0 Å². The lowest BCUT2D eigenvalue weighted by Gasteiger charge is -2.19. The summed E-state index contributed by atoms with van der Waals surface area (Å²) in [7, 11) is 3.32. The summed E-state index contributed by atoms with van der Waals surface area (Å²) in [6.45, 7) is 7.96. The maximum Gasteiger partial charge on any atom is 0.176 e. The molecule has 1 aromatic carbocycles. The number of aromatic amines is 1. The third-order valence-corrected chi connectivity index (χ3v) is 5.73. The second kappa shape index (κ2) is 13.3. The molecular weight excluding hydrogens is 446 g/mol. The van der Waals surface area contributed by atoms with Gasteiger partial charge in [0, 0.05) is 53.0 Å². The monoisotopic (exact) mass is 481 g/mol. The van der Waals surface area contributed by atoms with Gasteiger partial charge < -0.3 is 21.1 Å². The number of rotatable bonds is 10. The van der Waals surface area contributed by atoms with E-state index < -0.39 is 0 Å². The number of amidine groups is 1. The van der Waals surface area contributed by atoms with Crippen molar-refractivity contribution < 1.29 is 4.74 Å². The molecule has 5 N–H and O–H groups in total. The number of aliphatic imine (C=N–C) groups is 2. The molecule has 0 fully saturated rings. The molecule has 1 heterocycles. The van der Waals surface area contributed by atoms with Crippen LogP contribution in [0.25, 0.3) is 0 Å². The van der Waals surface area contributed by atoms with Crippen molar-refractivity contribution in [3.05, 3.63) is 70.5 Å². The Morgan fingerprint density at radius 2 is 1.94 bits per heavy atom. The van der Waals surface area contributed by atoms with Gasteiger partial charge in [-0.2, -0.15) is 5.10 Å². The predicted octanol–water partition coefficient (Wildman–Crippen LogP) is 5.47. The summed E-state index contributed by atoms with van der Waals surface area (Å²) >= 11 is 1.70. The molecular formula is C25H35N7OS. The number of benzene rings is 1. The van der Waals surface area contributed by atoms with E-state index in [1.165, 1.54) is 11.1 Å². The number of nitrogens with two attached hydrogens (primary N) is 1. The van der Waals surface area contributed by atoms with Crippen LogP contribution in [0.3, 0.4) is 0 Å². The van der Waals surface area contributed by atoms with E-state index in [1.54, 1.807) is 32.1 Å². The number of anilines is 2. The van der Waals surface area contributed by atoms with Gasteiger partial charge >= 0.3 is 0 Å². The number of ether oxygens (including phenoxy) is 1. The van der Waals surface area contributed by atoms with E-state index in [1.807, 2.05) is 39.0 Å². The van der Waals surface area contributed by atoms with Crippen LogP contribution in [0.15, 0.2) is 79.7 Å². The zero-order chi connectivity index (χ0) is 25.1. The normalized spacial score (nSPS) is 14.1. The number of allylic oxidation sites excluding steroid dienone is 2. The predicted molar refractivity (Wildman–Crippen MR) is 146 cm³/mol. The fraction of sp³-hybridized carbons (Fsp3) is 0.320. The topological polar surface area (TPSA) is 113 Å².